The Balaban J connectivity index is 1.72. The number of anilines is 1. The highest BCUT2D eigenvalue weighted by Crippen LogP contribution is 2.34. The van der Waals surface area contributed by atoms with Crippen molar-refractivity contribution in [3.8, 4) is 11.3 Å². The number of pyridine rings is 1. The van der Waals surface area contributed by atoms with Crippen LogP contribution in [0.2, 0.25) is 0 Å². The number of ether oxygens (including phenoxy) is 1. The van der Waals surface area contributed by atoms with Gasteiger partial charge in [0.2, 0.25) is 0 Å². The van der Waals surface area contributed by atoms with E-state index in [1.165, 1.54) is 0 Å². The van der Waals surface area contributed by atoms with Gasteiger partial charge in [-0.1, -0.05) is 24.3 Å². The Morgan fingerprint density at radius 3 is 2.80 bits per heavy atom. The van der Waals surface area contributed by atoms with E-state index < -0.39 is 6.17 Å². The van der Waals surface area contributed by atoms with Gasteiger partial charge in [-0.2, -0.15) is 0 Å². The van der Waals surface area contributed by atoms with Crippen LogP contribution in [-0.4, -0.2) is 55.7 Å². The van der Waals surface area contributed by atoms with Crippen LogP contribution in [0.3, 0.4) is 0 Å². The molecule has 0 spiro atoms. The van der Waals surface area contributed by atoms with Crippen LogP contribution >= 0.6 is 0 Å². The monoisotopic (exact) mass is 407 g/mol. The van der Waals surface area contributed by atoms with Gasteiger partial charge in [0, 0.05) is 67.4 Å². The maximum absolute atomic E-state index is 13.5. The number of carbonyl (C=O) groups excluding carboxylic acids is 1. The lowest BCUT2D eigenvalue weighted by Crippen LogP contribution is -2.36. The van der Waals surface area contributed by atoms with Crippen LogP contribution in [0.1, 0.15) is 22.3 Å². The molecule has 1 atom stereocenters. The van der Waals surface area contributed by atoms with Crippen LogP contribution in [0.4, 0.5) is 10.1 Å². The summed E-state index contributed by atoms with van der Waals surface area (Å²) in [6.45, 7) is 3.54. The number of para-hydroxylation sites is 1. The van der Waals surface area contributed by atoms with Gasteiger partial charge in [0.05, 0.1) is 18.9 Å². The topological polar surface area (TPSA) is 45.7 Å². The fraction of sp³-hybridized carbons (Fsp3) is 0.333. The lowest BCUT2D eigenvalue weighted by atomic mass is 9.98. The lowest BCUT2D eigenvalue weighted by Gasteiger charge is -2.31. The van der Waals surface area contributed by atoms with Crippen LogP contribution in [0.15, 0.2) is 60.5 Å². The molecule has 0 radical (unpaired) electrons. The highest BCUT2D eigenvalue weighted by atomic mass is 19.1. The van der Waals surface area contributed by atoms with E-state index in [4.69, 9.17) is 4.74 Å². The van der Waals surface area contributed by atoms with Gasteiger partial charge >= 0.3 is 0 Å². The van der Waals surface area contributed by atoms with E-state index in [1.54, 1.807) is 24.4 Å². The summed E-state index contributed by atoms with van der Waals surface area (Å²) in [6, 6.07) is 9.92. The van der Waals surface area contributed by atoms with E-state index in [-0.39, 0.29) is 0 Å². The first-order valence-corrected chi connectivity index (χ1v) is 10.3. The molecule has 2 heterocycles. The maximum Gasteiger partial charge on any atom is 0.150 e. The molecular formula is C24H26FN3O2. The largest absolute Gasteiger partial charge is 0.378 e. The van der Waals surface area contributed by atoms with Crippen molar-refractivity contribution < 1.29 is 13.9 Å². The second-order valence-corrected chi connectivity index (χ2v) is 7.56. The van der Waals surface area contributed by atoms with E-state index in [1.807, 2.05) is 30.2 Å². The van der Waals surface area contributed by atoms with Crippen molar-refractivity contribution in [2.75, 3.05) is 38.3 Å². The van der Waals surface area contributed by atoms with Crippen molar-refractivity contribution in [2.45, 2.75) is 19.1 Å². The standard InChI is InChI=1S/C24H26FN3O2/c1-27(20-8-6-19(25)7-9-20)16-22-18(17-29)10-11-26-24(22)21-4-2-3-5-23(21)28-12-14-30-15-13-28/h2-6,8-11,17,19H,7,12-16H2,1H3. The lowest BCUT2D eigenvalue weighted by molar-refractivity contribution is 0.112. The van der Waals surface area contributed by atoms with Gasteiger partial charge < -0.3 is 14.5 Å². The zero-order valence-electron chi connectivity index (χ0n) is 17.1. The fourth-order valence-corrected chi connectivity index (χ4v) is 3.96. The van der Waals surface area contributed by atoms with Crippen molar-refractivity contribution >= 4 is 12.0 Å². The predicted molar refractivity (Wildman–Crippen MR) is 116 cm³/mol. The van der Waals surface area contributed by atoms with E-state index in [0.29, 0.717) is 31.7 Å². The first kappa shape index (κ1) is 20.3. The number of morpholine rings is 1. The number of carbonyl (C=O) groups is 1. The first-order valence-electron chi connectivity index (χ1n) is 10.3. The normalized spacial score (nSPS) is 18.8. The number of hydrogen-bond acceptors (Lipinski definition) is 5. The van der Waals surface area contributed by atoms with Gasteiger partial charge in [-0.3, -0.25) is 9.78 Å². The number of halogens is 1. The number of nitrogens with zero attached hydrogens (tertiary/aromatic N) is 3. The number of allylic oxidation sites excluding steroid dienone is 3. The molecule has 1 aromatic carbocycles. The van der Waals surface area contributed by atoms with Crippen LogP contribution in [-0.2, 0) is 11.3 Å². The number of hydrogen-bond donors (Lipinski definition) is 0. The Morgan fingerprint density at radius 1 is 1.27 bits per heavy atom. The van der Waals surface area contributed by atoms with Crippen molar-refractivity contribution in [3.05, 3.63) is 71.6 Å². The Bertz CT molecular complexity index is 967. The third kappa shape index (κ3) is 4.28. The van der Waals surface area contributed by atoms with Crippen molar-refractivity contribution in [2.24, 2.45) is 0 Å². The van der Waals surface area contributed by atoms with Crippen molar-refractivity contribution in [3.63, 3.8) is 0 Å². The van der Waals surface area contributed by atoms with Crippen molar-refractivity contribution in [1.82, 2.24) is 9.88 Å². The van der Waals surface area contributed by atoms with E-state index in [2.05, 4.69) is 22.0 Å². The molecule has 1 aromatic heterocycles. The highest BCUT2D eigenvalue weighted by Gasteiger charge is 2.21. The molecule has 1 aliphatic carbocycles. The minimum Gasteiger partial charge on any atom is -0.378 e. The third-order valence-electron chi connectivity index (χ3n) is 5.59. The summed E-state index contributed by atoms with van der Waals surface area (Å²) in [4.78, 5) is 20.9. The summed E-state index contributed by atoms with van der Waals surface area (Å²) in [7, 11) is 1.95. The summed E-state index contributed by atoms with van der Waals surface area (Å²) in [5.41, 5.74) is 5.33. The minimum atomic E-state index is -0.929. The number of likely N-dealkylation sites (N-methyl/N-ethyl adjacent to an activating group) is 1. The zero-order chi connectivity index (χ0) is 20.9. The molecule has 1 fully saturated rings. The fourth-order valence-electron chi connectivity index (χ4n) is 3.96. The molecule has 0 saturated carbocycles. The number of aldehydes is 1. The van der Waals surface area contributed by atoms with Crippen LogP contribution in [0.25, 0.3) is 11.3 Å². The van der Waals surface area contributed by atoms with Gasteiger partial charge in [-0.15, -0.1) is 0 Å². The van der Waals surface area contributed by atoms with Crippen LogP contribution in [0, 0.1) is 0 Å². The summed E-state index contributed by atoms with van der Waals surface area (Å²) in [5, 5.41) is 0. The quantitative estimate of drug-likeness (QED) is 0.677. The third-order valence-corrected chi connectivity index (χ3v) is 5.59. The van der Waals surface area contributed by atoms with Gasteiger partial charge in [-0.05, 0) is 24.3 Å². The molecule has 5 nitrogen and oxygen atoms in total. The average molecular weight is 407 g/mol. The Labute approximate surface area is 176 Å². The smallest absolute Gasteiger partial charge is 0.150 e. The van der Waals surface area contributed by atoms with E-state index in [9.17, 15) is 9.18 Å². The average Bonchev–Trinajstić information content (AvgIpc) is 2.80. The van der Waals surface area contributed by atoms with E-state index in [0.717, 1.165) is 47.6 Å². The molecule has 0 bridgehead atoms. The molecule has 1 saturated heterocycles. The molecule has 2 aromatic rings. The number of alkyl halides is 1. The summed E-state index contributed by atoms with van der Waals surface area (Å²) >= 11 is 0. The second-order valence-electron chi connectivity index (χ2n) is 7.56. The second kappa shape index (κ2) is 9.22. The molecule has 0 amide bonds. The van der Waals surface area contributed by atoms with Gasteiger partial charge in [0.1, 0.15) is 6.17 Å². The Hall–Kier alpha value is -2.99. The number of rotatable bonds is 6. The van der Waals surface area contributed by atoms with E-state index >= 15 is 0 Å². The molecular weight excluding hydrogens is 381 g/mol. The van der Waals surface area contributed by atoms with Gasteiger partial charge in [0.25, 0.3) is 0 Å². The summed E-state index contributed by atoms with van der Waals surface area (Å²) in [5.74, 6) is 0. The molecule has 2 aliphatic rings. The van der Waals surface area contributed by atoms with Gasteiger partial charge in [0.15, 0.2) is 6.29 Å². The maximum atomic E-state index is 13.5. The van der Waals surface area contributed by atoms with Gasteiger partial charge in [-0.25, -0.2) is 4.39 Å². The molecule has 1 unspecified atom stereocenters. The zero-order valence-corrected chi connectivity index (χ0v) is 17.1. The Morgan fingerprint density at radius 2 is 2.07 bits per heavy atom. The number of benzene rings is 1. The van der Waals surface area contributed by atoms with Crippen molar-refractivity contribution in [1.29, 1.82) is 0 Å². The molecule has 30 heavy (non-hydrogen) atoms. The molecule has 0 N–H and O–H groups in total. The molecule has 4 rings (SSSR count). The predicted octanol–water partition coefficient (Wildman–Crippen LogP) is 4.01. The highest BCUT2D eigenvalue weighted by molar-refractivity contribution is 5.85. The minimum absolute atomic E-state index is 0.372. The number of aromatic nitrogens is 1. The summed E-state index contributed by atoms with van der Waals surface area (Å²) < 4.78 is 19.0. The summed E-state index contributed by atoms with van der Waals surface area (Å²) in [6.07, 6.45) is 7.28. The van der Waals surface area contributed by atoms with Crippen LogP contribution in [0.5, 0.6) is 0 Å². The molecule has 1 aliphatic heterocycles. The molecule has 156 valence electrons. The SMILES string of the molecule is CN(Cc1c(C=O)ccnc1-c1ccccc1N1CCOCC1)C1=CCC(F)C=C1. The van der Waals surface area contributed by atoms with Crippen LogP contribution < -0.4 is 4.90 Å². The first-order chi connectivity index (χ1) is 14.7. The Kier molecular flexibility index (Phi) is 6.23. The molecule has 6 heteroatoms.